The molecular formula is C52H52F2N6O2. The van der Waals surface area contributed by atoms with Gasteiger partial charge in [0.2, 0.25) is 11.8 Å². The molecule has 0 unspecified atom stereocenters. The summed E-state index contributed by atoms with van der Waals surface area (Å²) < 4.78 is 32.4. The summed E-state index contributed by atoms with van der Waals surface area (Å²) in [6.07, 6.45) is 17.8. The van der Waals surface area contributed by atoms with Gasteiger partial charge in [-0.2, -0.15) is 0 Å². The third kappa shape index (κ3) is 8.30. The lowest BCUT2D eigenvalue weighted by Gasteiger charge is -2.33. The molecule has 8 nitrogen and oxygen atoms in total. The normalized spacial score (nSPS) is 19.8. The highest BCUT2D eigenvalue weighted by atomic mass is 19.1. The first-order chi connectivity index (χ1) is 30.0. The zero-order valence-corrected chi connectivity index (χ0v) is 35.9. The number of carbonyl (C=O) groups is 2. The van der Waals surface area contributed by atoms with Gasteiger partial charge in [0, 0.05) is 60.1 Å². The average Bonchev–Trinajstić information content (AvgIpc) is 4.08. The van der Waals surface area contributed by atoms with Gasteiger partial charge in [-0.15, -0.1) is 0 Å². The molecule has 4 aromatic carbocycles. The van der Waals surface area contributed by atoms with Gasteiger partial charge in [0.25, 0.3) is 0 Å². The van der Waals surface area contributed by atoms with Crippen LogP contribution in [0.5, 0.6) is 0 Å². The van der Waals surface area contributed by atoms with Gasteiger partial charge < -0.3 is 18.9 Å². The quantitative estimate of drug-likeness (QED) is 0.157. The minimum atomic E-state index is -0.149. The zero-order valence-electron chi connectivity index (χ0n) is 35.9. The minimum absolute atomic E-state index is 0.0525. The maximum Gasteiger partial charge on any atom is 0.250 e. The smallest absolute Gasteiger partial charge is 0.250 e. The summed E-state index contributed by atoms with van der Waals surface area (Å²) >= 11 is 0. The van der Waals surface area contributed by atoms with Gasteiger partial charge in [-0.25, -0.2) is 18.7 Å². The van der Waals surface area contributed by atoms with E-state index in [2.05, 4.69) is 60.2 Å². The molecule has 0 radical (unpaired) electrons. The van der Waals surface area contributed by atoms with Crippen molar-refractivity contribution in [1.82, 2.24) is 28.9 Å². The van der Waals surface area contributed by atoms with Gasteiger partial charge in [0.15, 0.2) is 0 Å². The van der Waals surface area contributed by atoms with Crippen LogP contribution in [-0.4, -0.2) is 65.9 Å². The maximum atomic E-state index is 14.2. The second-order valence-electron chi connectivity index (χ2n) is 17.4. The third-order valence-corrected chi connectivity index (χ3v) is 13.0. The number of rotatable bonds is 6. The van der Waals surface area contributed by atoms with Crippen LogP contribution in [0.2, 0.25) is 0 Å². The first-order valence-corrected chi connectivity index (χ1v) is 21.8. The van der Waals surface area contributed by atoms with E-state index in [4.69, 9.17) is 0 Å². The van der Waals surface area contributed by atoms with E-state index in [1.165, 1.54) is 12.1 Å². The van der Waals surface area contributed by atoms with Crippen LogP contribution in [-0.2, 0) is 35.3 Å². The number of fused-ring (bicyclic) bond motifs is 2. The minimum Gasteiger partial charge on any atom is -0.335 e. The van der Waals surface area contributed by atoms with E-state index in [9.17, 15) is 18.4 Å². The number of imidazole rings is 2. The monoisotopic (exact) mass is 830 g/mol. The highest BCUT2D eigenvalue weighted by Gasteiger charge is 2.36. The Morgan fingerprint density at radius 3 is 1.39 bits per heavy atom. The van der Waals surface area contributed by atoms with Gasteiger partial charge in [0.1, 0.15) is 11.6 Å². The van der Waals surface area contributed by atoms with E-state index in [0.29, 0.717) is 12.8 Å². The lowest BCUT2D eigenvalue weighted by Crippen LogP contribution is -2.44. The van der Waals surface area contributed by atoms with Crippen molar-refractivity contribution in [1.29, 1.82) is 0 Å². The summed E-state index contributed by atoms with van der Waals surface area (Å²) in [4.78, 5) is 39.1. The van der Waals surface area contributed by atoms with E-state index in [1.54, 1.807) is 12.1 Å². The molecule has 2 atom stereocenters. The molecule has 0 N–H and O–H groups in total. The van der Waals surface area contributed by atoms with Crippen LogP contribution in [0, 0.1) is 39.3 Å². The number of nitrogens with zero attached hydrogens (tertiary/aromatic N) is 6. The van der Waals surface area contributed by atoms with Gasteiger partial charge in [-0.05, 0) is 172 Å². The SMILES string of the molecule is Cc1cn(-c2ccc(/C=C3\CCCN([C@@H]4Cc5cccc(F)c5C4)C3=O)cc2C)cn1.Cc1cn(-c2ccc(/C=C3\CCCN([C@H]4Cc5cccc(F)c5C4)C3=O)cc2C)cn1. The first kappa shape index (κ1) is 41.0. The number of halogens is 2. The Labute approximate surface area is 362 Å². The molecule has 2 saturated heterocycles. The van der Waals surface area contributed by atoms with Gasteiger partial charge in [-0.3, -0.25) is 9.59 Å². The number of amides is 2. The summed E-state index contributed by atoms with van der Waals surface area (Å²) in [7, 11) is 0. The Balaban J connectivity index is 0.000000158. The number of hydrogen-bond donors (Lipinski definition) is 0. The molecule has 6 aromatic rings. The molecular weight excluding hydrogens is 779 g/mol. The first-order valence-electron chi connectivity index (χ1n) is 21.8. The summed E-state index contributed by atoms with van der Waals surface area (Å²) in [6, 6.07) is 23.1. The van der Waals surface area contributed by atoms with Crippen LogP contribution >= 0.6 is 0 Å². The van der Waals surface area contributed by atoms with Gasteiger partial charge >= 0.3 is 0 Å². The maximum absolute atomic E-state index is 14.2. The van der Waals surface area contributed by atoms with Crippen LogP contribution in [0.3, 0.4) is 0 Å². The van der Waals surface area contributed by atoms with Crippen molar-refractivity contribution in [2.45, 2.75) is 91.1 Å². The van der Waals surface area contributed by atoms with E-state index in [-0.39, 0.29) is 35.5 Å². The molecule has 4 heterocycles. The third-order valence-electron chi connectivity index (χ3n) is 13.0. The Morgan fingerprint density at radius 1 is 0.581 bits per heavy atom. The largest absolute Gasteiger partial charge is 0.335 e. The van der Waals surface area contributed by atoms with Crippen molar-refractivity contribution < 1.29 is 18.4 Å². The van der Waals surface area contributed by atoms with Crippen LogP contribution in [0.1, 0.15) is 81.6 Å². The van der Waals surface area contributed by atoms with Crippen LogP contribution in [0.15, 0.2) is 109 Å². The molecule has 62 heavy (non-hydrogen) atoms. The zero-order chi connectivity index (χ0) is 43.1. The van der Waals surface area contributed by atoms with Crippen LogP contribution in [0.4, 0.5) is 8.78 Å². The second kappa shape index (κ2) is 17.2. The molecule has 0 spiro atoms. The highest BCUT2D eigenvalue weighted by Crippen LogP contribution is 2.33. The van der Waals surface area contributed by atoms with Crippen molar-refractivity contribution in [2.75, 3.05) is 13.1 Å². The van der Waals surface area contributed by atoms with Crippen molar-refractivity contribution >= 4 is 24.0 Å². The fraction of sp³-hybridized carbons (Fsp3) is 0.308. The lowest BCUT2D eigenvalue weighted by atomic mass is 9.97. The van der Waals surface area contributed by atoms with Crippen molar-refractivity contribution in [3.63, 3.8) is 0 Å². The van der Waals surface area contributed by atoms with Crippen LogP contribution < -0.4 is 0 Å². The van der Waals surface area contributed by atoms with Crippen molar-refractivity contribution in [2.24, 2.45) is 0 Å². The number of hydrogen-bond acceptors (Lipinski definition) is 4. The van der Waals surface area contributed by atoms with E-state index in [1.807, 2.05) is 82.1 Å². The molecule has 316 valence electrons. The van der Waals surface area contributed by atoms with Crippen molar-refractivity contribution in [3.8, 4) is 11.4 Å². The molecule has 2 amide bonds. The number of benzene rings is 4. The molecule has 4 aliphatic rings. The molecule has 2 aliphatic heterocycles. The molecule has 2 aliphatic carbocycles. The van der Waals surface area contributed by atoms with E-state index in [0.717, 1.165) is 130 Å². The number of aromatic nitrogens is 4. The summed E-state index contributed by atoms with van der Waals surface area (Å²) in [6.45, 7) is 9.59. The van der Waals surface area contributed by atoms with Crippen molar-refractivity contribution in [3.05, 3.63) is 177 Å². The molecule has 0 bridgehead atoms. The fourth-order valence-corrected chi connectivity index (χ4v) is 9.87. The van der Waals surface area contributed by atoms with Gasteiger partial charge in [0.05, 0.1) is 24.0 Å². The summed E-state index contributed by atoms with van der Waals surface area (Å²) in [5, 5.41) is 0. The predicted molar refractivity (Wildman–Crippen MR) is 239 cm³/mol. The Morgan fingerprint density at radius 2 is 1.02 bits per heavy atom. The Bertz CT molecular complexity index is 2570. The van der Waals surface area contributed by atoms with Gasteiger partial charge in [-0.1, -0.05) is 36.4 Å². The molecule has 10 heteroatoms. The number of piperidine rings is 2. The van der Waals surface area contributed by atoms with E-state index < -0.39 is 0 Å². The Kier molecular flexibility index (Phi) is 11.3. The number of carbonyl (C=O) groups excluding carboxylic acids is 2. The number of aryl methyl sites for hydroxylation is 4. The average molecular weight is 831 g/mol. The Hall–Kier alpha value is -6.42. The topological polar surface area (TPSA) is 76.3 Å². The van der Waals surface area contributed by atoms with E-state index >= 15 is 0 Å². The highest BCUT2D eigenvalue weighted by molar-refractivity contribution is 5.99. The molecule has 2 aromatic heterocycles. The predicted octanol–water partition coefficient (Wildman–Crippen LogP) is 9.60. The fourth-order valence-electron chi connectivity index (χ4n) is 9.87. The lowest BCUT2D eigenvalue weighted by molar-refractivity contribution is -0.131. The molecule has 2 fully saturated rings. The summed E-state index contributed by atoms with van der Waals surface area (Å²) in [5.74, 6) is -0.111. The second-order valence-corrected chi connectivity index (χ2v) is 17.4. The standard InChI is InChI=1S/2C26H26FN3O/c2*1-17-11-19(8-9-25(17)29-15-18(2)28-16-29)12-21-6-4-10-30(26(21)31)22-13-20-5-3-7-24(27)23(20)14-22/h2*3,5,7-9,11-12,15-16,22H,4,6,10,13-14H2,1-2H3/b2*21-12+/t2*22-/m10/s1. The molecule has 0 saturated carbocycles. The molecule has 10 rings (SSSR count). The summed E-state index contributed by atoms with van der Waals surface area (Å²) in [5.41, 5.74) is 13.8. The van der Waals surface area contributed by atoms with Crippen LogP contribution in [0.25, 0.3) is 23.5 Å². The number of likely N-dealkylation sites (tertiary alicyclic amines) is 2.